The molecule has 2 aliphatic rings. The first-order valence-corrected chi connectivity index (χ1v) is 7.77. The summed E-state index contributed by atoms with van der Waals surface area (Å²) in [7, 11) is 0. The van der Waals surface area contributed by atoms with Gasteiger partial charge in [-0.1, -0.05) is 12.8 Å². The smallest absolute Gasteiger partial charge is 0.242 e. The summed E-state index contributed by atoms with van der Waals surface area (Å²) in [5.41, 5.74) is 0. The molecule has 5 heteroatoms. The normalized spacial score (nSPS) is 29.0. The van der Waals surface area contributed by atoms with Crippen LogP contribution < -0.4 is 0 Å². The number of likely N-dealkylation sites (tertiary alicyclic amines) is 1. The summed E-state index contributed by atoms with van der Waals surface area (Å²) in [5, 5.41) is 0. The van der Waals surface area contributed by atoms with E-state index in [2.05, 4.69) is 0 Å². The molecule has 2 atom stereocenters. The average molecular weight is 282 g/mol. The Morgan fingerprint density at radius 2 is 1.80 bits per heavy atom. The standard InChI is InChI=1S/C15H26N2O3/c1-12-9-17(10-13(2)20-12)15(19)11-16-8-6-4-3-5-7-14(16)18/h12-13H,3-11H2,1-2H3/t12-,13-/m1/s1. The Hall–Kier alpha value is -1.10. The number of carbonyl (C=O) groups excluding carboxylic acids is 2. The van der Waals surface area contributed by atoms with Gasteiger partial charge in [0, 0.05) is 26.1 Å². The number of morpholine rings is 1. The molecule has 2 saturated heterocycles. The first-order chi connectivity index (χ1) is 9.56. The summed E-state index contributed by atoms with van der Waals surface area (Å²) in [5.74, 6) is 0.188. The maximum absolute atomic E-state index is 12.4. The fourth-order valence-electron chi connectivity index (χ4n) is 3.03. The quantitative estimate of drug-likeness (QED) is 0.769. The molecule has 0 radical (unpaired) electrons. The summed E-state index contributed by atoms with van der Waals surface area (Å²) in [6.07, 6.45) is 4.99. The van der Waals surface area contributed by atoms with E-state index >= 15 is 0 Å². The van der Waals surface area contributed by atoms with Crippen molar-refractivity contribution in [3.8, 4) is 0 Å². The minimum absolute atomic E-state index is 0.0564. The monoisotopic (exact) mass is 282 g/mol. The van der Waals surface area contributed by atoms with Crippen molar-refractivity contribution in [3.05, 3.63) is 0 Å². The van der Waals surface area contributed by atoms with Crippen LogP contribution >= 0.6 is 0 Å². The lowest BCUT2D eigenvalue weighted by Crippen LogP contribution is -2.51. The molecule has 0 N–H and O–H groups in total. The van der Waals surface area contributed by atoms with Gasteiger partial charge in [0.05, 0.1) is 18.8 Å². The number of nitrogens with zero attached hydrogens (tertiary/aromatic N) is 2. The van der Waals surface area contributed by atoms with Crippen molar-refractivity contribution in [2.45, 2.75) is 58.2 Å². The highest BCUT2D eigenvalue weighted by Gasteiger charge is 2.28. The zero-order valence-electron chi connectivity index (χ0n) is 12.6. The van der Waals surface area contributed by atoms with E-state index in [-0.39, 0.29) is 30.6 Å². The van der Waals surface area contributed by atoms with Crippen LogP contribution in [0.25, 0.3) is 0 Å². The minimum atomic E-state index is 0.0564. The topological polar surface area (TPSA) is 49.9 Å². The van der Waals surface area contributed by atoms with Crippen LogP contribution in [-0.4, -0.2) is 60.0 Å². The lowest BCUT2D eigenvalue weighted by atomic mass is 10.1. The van der Waals surface area contributed by atoms with Crippen LogP contribution in [-0.2, 0) is 14.3 Å². The molecule has 0 aliphatic carbocycles. The van der Waals surface area contributed by atoms with E-state index in [4.69, 9.17) is 4.74 Å². The predicted octanol–water partition coefficient (Wildman–Crippen LogP) is 1.41. The highest BCUT2D eigenvalue weighted by molar-refractivity contribution is 5.85. The molecule has 0 bridgehead atoms. The van der Waals surface area contributed by atoms with Gasteiger partial charge in [-0.15, -0.1) is 0 Å². The van der Waals surface area contributed by atoms with Crippen molar-refractivity contribution < 1.29 is 14.3 Å². The molecule has 0 spiro atoms. The molecule has 20 heavy (non-hydrogen) atoms. The van der Waals surface area contributed by atoms with Gasteiger partial charge in [-0.2, -0.15) is 0 Å². The van der Waals surface area contributed by atoms with Gasteiger partial charge in [0.2, 0.25) is 11.8 Å². The van der Waals surface area contributed by atoms with Gasteiger partial charge in [-0.25, -0.2) is 0 Å². The Morgan fingerprint density at radius 3 is 2.50 bits per heavy atom. The molecule has 0 aromatic carbocycles. The SMILES string of the molecule is C[C@@H]1CN(C(=O)CN2CCCCCCC2=O)C[C@@H](C)O1. The van der Waals surface area contributed by atoms with E-state index in [1.54, 1.807) is 4.90 Å². The minimum Gasteiger partial charge on any atom is -0.372 e. The largest absolute Gasteiger partial charge is 0.372 e. The molecule has 114 valence electrons. The lowest BCUT2D eigenvalue weighted by Gasteiger charge is -2.36. The van der Waals surface area contributed by atoms with E-state index in [9.17, 15) is 9.59 Å². The fourth-order valence-corrected chi connectivity index (χ4v) is 3.03. The van der Waals surface area contributed by atoms with E-state index in [1.165, 1.54) is 0 Å². The number of rotatable bonds is 2. The van der Waals surface area contributed by atoms with E-state index in [1.807, 2.05) is 18.7 Å². The van der Waals surface area contributed by atoms with E-state index in [0.717, 1.165) is 32.2 Å². The van der Waals surface area contributed by atoms with E-state index < -0.39 is 0 Å². The Bertz CT molecular complexity index is 349. The highest BCUT2D eigenvalue weighted by Crippen LogP contribution is 2.14. The third kappa shape index (κ3) is 4.20. The summed E-state index contributed by atoms with van der Waals surface area (Å²) in [4.78, 5) is 28.0. The number of carbonyl (C=O) groups is 2. The second-order valence-corrected chi connectivity index (χ2v) is 6.04. The van der Waals surface area contributed by atoms with Crippen molar-refractivity contribution in [2.24, 2.45) is 0 Å². The second kappa shape index (κ2) is 7.07. The van der Waals surface area contributed by atoms with Gasteiger partial charge in [-0.05, 0) is 26.7 Å². The second-order valence-electron chi connectivity index (χ2n) is 6.04. The molecule has 2 fully saturated rings. The van der Waals surface area contributed by atoms with E-state index in [0.29, 0.717) is 19.5 Å². The van der Waals surface area contributed by atoms with Crippen molar-refractivity contribution in [3.63, 3.8) is 0 Å². The van der Waals surface area contributed by atoms with Crippen molar-refractivity contribution in [2.75, 3.05) is 26.2 Å². The summed E-state index contributed by atoms with van der Waals surface area (Å²) in [6.45, 7) is 6.18. The van der Waals surface area contributed by atoms with Gasteiger partial charge in [0.1, 0.15) is 0 Å². The van der Waals surface area contributed by atoms with Gasteiger partial charge >= 0.3 is 0 Å². The van der Waals surface area contributed by atoms with Crippen LogP contribution in [0.15, 0.2) is 0 Å². The predicted molar refractivity (Wildman–Crippen MR) is 76.3 cm³/mol. The van der Waals surface area contributed by atoms with Crippen LogP contribution in [0, 0.1) is 0 Å². The van der Waals surface area contributed by atoms with Crippen molar-refractivity contribution in [1.82, 2.24) is 9.80 Å². The molecule has 0 unspecified atom stereocenters. The first-order valence-electron chi connectivity index (χ1n) is 7.77. The number of hydrogen-bond donors (Lipinski definition) is 0. The van der Waals surface area contributed by atoms with Crippen LogP contribution in [0.2, 0.25) is 0 Å². The number of hydrogen-bond acceptors (Lipinski definition) is 3. The third-order valence-electron chi connectivity index (χ3n) is 4.02. The molecular formula is C15H26N2O3. The maximum Gasteiger partial charge on any atom is 0.242 e. The van der Waals surface area contributed by atoms with Crippen LogP contribution in [0.5, 0.6) is 0 Å². The van der Waals surface area contributed by atoms with Crippen LogP contribution in [0.3, 0.4) is 0 Å². The Kier molecular flexibility index (Phi) is 5.40. The van der Waals surface area contributed by atoms with Crippen molar-refractivity contribution in [1.29, 1.82) is 0 Å². The molecule has 0 aromatic heterocycles. The van der Waals surface area contributed by atoms with Gasteiger partial charge in [0.15, 0.2) is 0 Å². The Balaban J connectivity index is 1.90. The number of amides is 2. The van der Waals surface area contributed by atoms with Gasteiger partial charge in [-0.3, -0.25) is 9.59 Å². The van der Waals surface area contributed by atoms with Gasteiger partial charge < -0.3 is 14.5 Å². The summed E-state index contributed by atoms with van der Waals surface area (Å²) in [6, 6.07) is 0. The number of ether oxygens (including phenoxy) is 1. The molecule has 0 aromatic rings. The fraction of sp³-hybridized carbons (Fsp3) is 0.867. The highest BCUT2D eigenvalue weighted by atomic mass is 16.5. The van der Waals surface area contributed by atoms with Crippen LogP contribution in [0.1, 0.15) is 46.0 Å². The summed E-state index contributed by atoms with van der Waals surface area (Å²) >= 11 is 0. The molecule has 0 saturated carbocycles. The Morgan fingerprint density at radius 1 is 1.15 bits per heavy atom. The molecule has 2 rings (SSSR count). The van der Waals surface area contributed by atoms with Gasteiger partial charge in [0.25, 0.3) is 0 Å². The molecule has 2 aliphatic heterocycles. The zero-order chi connectivity index (χ0) is 14.5. The molecule has 2 heterocycles. The molecular weight excluding hydrogens is 256 g/mol. The van der Waals surface area contributed by atoms with Crippen LogP contribution in [0.4, 0.5) is 0 Å². The summed E-state index contributed by atoms with van der Waals surface area (Å²) < 4.78 is 5.64. The van der Waals surface area contributed by atoms with Crippen molar-refractivity contribution >= 4 is 11.8 Å². The molecule has 5 nitrogen and oxygen atoms in total. The first kappa shape index (κ1) is 15.3. The molecule has 2 amide bonds. The third-order valence-corrected chi connectivity index (χ3v) is 4.02. The maximum atomic E-state index is 12.4. The Labute approximate surface area is 121 Å². The average Bonchev–Trinajstić information content (AvgIpc) is 2.37. The lowest BCUT2D eigenvalue weighted by molar-refractivity contribution is -0.148. The zero-order valence-corrected chi connectivity index (χ0v) is 12.6.